The predicted octanol–water partition coefficient (Wildman–Crippen LogP) is 2.43. The highest BCUT2D eigenvalue weighted by molar-refractivity contribution is 5.64. The Labute approximate surface area is 118 Å². The van der Waals surface area contributed by atoms with Gasteiger partial charge < -0.3 is 5.11 Å². The highest BCUT2D eigenvalue weighted by atomic mass is 16.3. The van der Waals surface area contributed by atoms with E-state index in [0.29, 0.717) is 12.1 Å². The molecule has 106 valence electrons. The molecule has 1 heterocycles. The minimum atomic E-state index is -0.261. The van der Waals surface area contributed by atoms with Crippen LogP contribution in [0.2, 0.25) is 0 Å². The summed E-state index contributed by atoms with van der Waals surface area (Å²) >= 11 is 0. The van der Waals surface area contributed by atoms with Gasteiger partial charge >= 0.3 is 0 Å². The maximum absolute atomic E-state index is 12.1. The Hall–Kier alpha value is -1.94. The van der Waals surface area contributed by atoms with E-state index in [9.17, 15) is 9.90 Å². The summed E-state index contributed by atoms with van der Waals surface area (Å²) in [7, 11) is 0. The van der Waals surface area contributed by atoms with E-state index in [-0.39, 0.29) is 12.2 Å². The van der Waals surface area contributed by atoms with Crippen LogP contribution in [0.1, 0.15) is 30.0 Å². The Kier molecular flexibility index (Phi) is 4.35. The molecule has 0 radical (unpaired) electrons. The van der Waals surface area contributed by atoms with Crippen LogP contribution in [0.15, 0.2) is 29.1 Å². The van der Waals surface area contributed by atoms with Gasteiger partial charge in [0, 0.05) is 17.7 Å². The molecule has 0 amide bonds. The number of hydrogen-bond acceptors (Lipinski definition) is 3. The molecule has 2 aromatic rings. The Morgan fingerprint density at radius 3 is 2.65 bits per heavy atom. The van der Waals surface area contributed by atoms with Crippen molar-refractivity contribution in [1.82, 2.24) is 9.78 Å². The fourth-order valence-corrected chi connectivity index (χ4v) is 2.22. The lowest BCUT2D eigenvalue weighted by Crippen LogP contribution is -2.26. The van der Waals surface area contributed by atoms with Crippen molar-refractivity contribution in [2.75, 3.05) is 0 Å². The number of aliphatic hydroxyl groups excluding tert-OH is 1. The third kappa shape index (κ3) is 2.80. The van der Waals surface area contributed by atoms with Crippen LogP contribution in [0, 0.1) is 13.8 Å². The van der Waals surface area contributed by atoms with Gasteiger partial charge in [0.15, 0.2) is 0 Å². The van der Waals surface area contributed by atoms with Gasteiger partial charge in [0.1, 0.15) is 0 Å². The highest BCUT2D eigenvalue weighted by Gasteiger charge is 2.11. The first-order valence-corrected chi connectivity index (χ1v) is 6.86. The van der Waals surface area contributed by atoms with Gasteiger partial charge in [0.05, 0.1) is 12.3 Å². The molecule has 0 unspecified atom stereocenters. The lowest BCUT2D eigenvalue weighted by atomic mass is 10.0. The molecule has 2 rings (SSSR count). The van der Waals surface area contributed by atoms with E-state index in [1.165, 1.54) is 4.68 Å². The summed E-state index contributed by atoms with van der Waals surface area (Å²) in [6, 6.07) is 7.84. The summed E-state index contributed by atoms with van der Waals surface area (Å²) in [6.45, 7) is 6.34. The van der Waals surface area contributed by atoms with Crippen molar-refractivity contribution >= 4 is 0 Å². The van der Waals surface area contributed by atoms with Gasteiger partial charge in [-0.2, -0.15) is 5.10 Å². The molecule has 1 aromatic heterocycles. The van der Waals surface area contributed by atoms with Crippen LogP contribution in [-0.4, -0.2) is 14.9 Å². The SMILES string of the molecule is CCCn1nc(-c2cc(C)ccc2C)cc(CO)c1=O. The first-order valence-electron chi connectivity index (χ1n) is 6.86. The topological polar surface area (TPSA) is 55.1 Å². The Morgan fingerprint density at radius 1 is 1.25 bits per heavy atom. The molecule has 0 aliphatic heterocycles. The van der Waals surface area contributed by atoms with Crippen LogP contribution in [0.3, 0.4) is 0 Å². The molecular weight excluding hydrogens is 252 g/mol. The zero-order valence-electron chi connectivity index (χ0n) is 12.2. The standard InChI is InChI=1S/C16H20N2O2/c1-4-7-18-16(20)13(10-19)9-15(17-18)14-8-11(2)5-6-12(14)3/h5-6,8-9,19H,4,7,10H2,1-3H3. The number of rotatable bonds is 4. The second kappa shape index (κ2) is 6.01. The number of hydrogen-bond donors (Lipinski definition) is 1. The molecule has 0 atom stereocenters. The van der Waals surface area contributed by atoms with E-state index >= 15 is 0 Å². The normalized spacial score (nSPS) is 10.8. The van der Waals surface area contributed by atoms with Crippen LogP contribution >= 0.6 is 0 Å². The average molecular weight is 272 g/mol. The van der Waals surface area contributed by atoms with Crippen molar-refractivity contribution in [3.8, 4) is 11.3 Å². The van der Waals surface area contributed by atoms with Crippen molar-refractivity contribution < 1.29 is 5.11 Å². The van der Waals surface area contributed by atoms with Gasteiger partial charge in [0.25, 0.3) is 5.56 Å². The van der Waals surface area contributed by atoms with Crippen molar-refractivity contribution in [2.24, 2.45) is 0 Å². The second-order valence-corrected chi connectivity index (χ2v) is 5.06. The van der Waals surface area contributed by atoms with E-state index < -0.39 is 0 Å². The largest absolute Gasteiger partial charge is 0.391 e. The third-order valence-electron chi connectivity index (χ3n) is 3.32. The molecule has 0 spiro atoms. The summed E-state index contributed by atoms with van der Waals surface area (Å²) < 4.78 is 1.45. The van der Waals surface area contributed by atoms with Crippen LogP contribution in [0.4, 0.5) is 0 Å². The second-order valence-electron chi connectivity index (χ2n) is 5.06. The zero-order valence-corrected chi connectivity index (χ0v) is 12.2. The van der Waals surface area contributed by atoms with Crippen molar-refractivity contribution in [2.45, 2.75) is 40.3 Å². The smallest absolute Gasteiger partial charge is 0.272 e. The van der Waals surface area contributed by atoms with E-state index in [1.54, 1.807) is 6.07 Å². The Bertz CT molecular complexity index is 675. The molecular formula is C16H20N2O2. The number of aliphatic hydroxyl groups is 1. The number of aryl methyl sites for hydroxylation is 3. The molecule has 4 heteroatoms. The van der Waals surface area contributed by atoms with E-state index in [4.69, 9.17) is 0 Å². The van der Waals surface area contributed by atoms with Gasteiger partial charge in [-0.3, -0.25) is 4.79 Å². The van der Waals surface area contributed by atoms with Crippen molar-refractivity contribution in [3.63, 3.8) is 0 Å². The monoisotopic (exact) mass is 272 g/mol. The first-order chi connectivity index (χ1) is 9.56. The van der Waals surface area contributed by atoms with Crippen molar-refractivity contribution in [3.05, 3.63) is 51.3 Å². The molecule has 0 fully saturated rings. The predicted molar refractivity (Wildman–Crippen MR) is 79.6 cm³/mol. The van der Waals surface area contributed by atoms with Crippen LogP contribution in [0.5, 0.6) is 0 Å². The first kappa shape index (κ1) is 14.5. The van der Waals surface area contributed by atoms with Crippen LogP contribution in [-0.2, 0) is 13.2 Å². The lowest BCUT2D eigenvalue weighted by molar-refractivity contribution is 0.278. The molecule has 20 heavy (non-hydrogen) atoms. The fourth-order valence-electron chi connectivity index (χ4n) is 2.22. The summed E-state index contributed by atoms with van der Waals surface area (Å²) in [5.74, 6) is 0. The Morgan fingerprint density at radius 2 is 2.00 bits per heavy atom. The maximum Gasteiger partial charge on any atom is 0.272 e. The van der Waals surface area contributed by atoms with Gasteiger partial charge in [0.2, 0.25) is 0 Å². The molecule has 0 saturated heterocycles. The zero-order chi connectivity index (χ0) is 14.7. The lowest BCUT2D eigenvalue weighted by Gasteiger charge is -2.11. The van der Waals surface area contributed by atoms with Gasteiger partial charge in [-0.05, 0) is 38.0 Å². The minimum absolute atomic E-state index is 0.205. The summed E-state index contributed by atoms with van der Waals surface area (Å²) in [4.78, 5) is 12.1. The maximum atomic E-state index is 12.1. The highest BCUT2D eigenvalue weighted by Crippen LogP contribution is 2.22. The van der Waals surface area contributed by atoms with Crippen molar-refractivity contribution in [1.29, 1.82) is 0 Å². The number of benzene rings is 1. The van der Waals surface area contributed by atoms with Crippen LogP contribution in [0.25, 0.3) is 11.3 Å². The summed E-state index contributed by atoms with van der Waals surface area (Å²) in [5.41, 5.74) is 4.18. The summed E-state index contributed by atoms with van der Waals surface area (Å²) in [5, 5.41) is 13.8. The number of aromatic nitrogens is 2. The molecule has 1 aromatic carbocycles. The van der Waals surface area contributed by atoms with E-state index in [2.05, 4.69) is 11.2 Å². The molecule has 1 N–H and O–H groups in total. The molecule has 0 bridgehead atoms. The Balaban J connectivity index is 2.65. The van der Waals surface area contributed by atoms with Crippen LogP contribution < -0.4 is 5.56 Å². The fraction of sp³-hybridized carbons (Fsp3) is 0.375. The minimum Gasteiger partial charge on any atom is -0.391 e. The average Bonchev–Trinajstić information content (AvgIpc) is 2.44. The third-order valence-corrected chi connectivity index (χ3v) is 3.32. The summed E-state index contributed by atoms with van der Waals surface area (Å²) in [6.07, 6.45) is 0.827. The quantitative estimate of drug-likeness (QED) is 0.930. The van der Waals surface area contributed by atoms with E-state index in [1.807, 2.05) is 32.9 Å². The number of nitrogens with zero attached hydrogens (tertiary/aromatic N) is 2. The van der Waals surface area contributed by atoms with Gasteiger partial charge in [-0.25, -0.2) is 4.68 Å². The van der Waals surface area contributed by atoms with Gasteiger partial charge in [-0.1, -0.05) is 24.6 Å². The molecule has 4 nitrogen and oxygen atoms in total. The van der Waals surface area contributed by atoms with Gasteiger partial charge in [-0.15, -0.1) is 0 Å². The molecule has 0 saturated carbocycles. The van der Waals surface area contributed by atoms with E-state index in [0.717, 1.165) is 28.8 Å². The molecule has 0 aliphatic carbocycles. The molecule has 0 aliphatic rings.